The van der Waals surface area contributed by atoms with E-state index < -0.39 is 5.41 Å². The number of fused-ring (bicyclic) bond motifs is 10. The molecule has 0 amide bonds. The summed E-state index contributed by atoms with van der Waals surface area (Å²) in [5.41, 5.74) is 18.0. The Kier molecular flexibility index (Phi) is 7.36. The molecule has 0 saturated heterocycles. The van der Waals surface area contributed by atoms with Gasteiger partial charge in [-0.1, -0.05) is 194 Å². The molecule has 1 aliphatic heterocycles. The second-order valence-corrected chi connectivity index (χ2v) is 15.0. The van der Waals surface area contributed by atoms with Gasteiger partial charge in [0.1, 0.15) is 5.84 Å². The summed E-state index contributed by atoms with van der Waals surface area (Å²) in [5, 5.41) is 0. The Morgan fingerprint density at radius 1 is 0.393 bits per heavy atom. The second kappa shape index (κ2) is 12.8. The summed E-state index contributed by atoms with van der Waals surface area (Å²) in [4.78, 5) is 13.0. The lowest BCUT2D eigenvalue weighted by Crippen LogP contribution is -2.36. The van der Waals surface area contributed by atoms with Crippen LogP contribution in [0.5, 0.6) is 0 Å². The molecule has 3 nitrogen and oxygen atoms in total. The van der Waals surface area contributed by atoms with Crippen LogP contribution in [0.15, 0.2) is 210 Å². The van der Waals surface area contributed by atoms with Gasteiger partial charge in [0.2, 0.25) is 0 Å². The average Bonchev–Trinajstić information content (AvgIpc) is 3.74. The normalized spacial score (nSPS) is 15.7. The molecule has 8 aromatic rings. The highest BCUT2D eigenvalue weighted by molar-refractivity contribution is 6.13. The molecule has 2 aliphatic carbocycles. The van der Waals surface area contributed by atoms with Crippen LogP contribution in [-0.2, 0) is 5.41 Å². The van der Waals surface area contributed by atoms with Gasteiger partial charge in [-0.2, -0.15) is 0 Å². The average molecular weight is 716 g/mol. The van der Waals surface area contributed by atoms with E-state index in [1.54, 1.807) is 0 Å². The molecule has 0 radical (unpaired) electrons. The first-order chi connectivity index (χ1) is 27.7. The van der Waals surface area contributed by atoms with Crippen molar-refractivity contribution in [1.82, 2.24) is 4.90 Å². The third kappa shape index (κ3) is 4.84. The van der Waals surface area contributed by atoms with E-state index in [9.17, 15) is 0 Å². The quantitative estimate of drug-likeness (QED) is 0.174. The summed E-state index contributed by atoms with van der Waals surface area (Å²) >= 11 is 0. The summed E-state index contributed by atoms with van der Waals surface area (Å²) in [5.74, 6) is 1.62. The van der Waals surface area contributed by atoms with Crippen LogP contribution in [0.25, 0.3) is 44.5 Å². The van der Waals surface area contributed by atoms with Crippen LogP contribution in [0, 0.1) is 0 Å². The number of aliphatic imine (C=N–C) groups is 2. The van der Waals surface area contributed by atoms with E-state index in [1.807, 2.05) is 0 Å². The molecule has 1 atom stereocenters. The molecular weight excluding hydrogens is 679 g/mol. The SMILES string of the molecule is CN1C(c2ccc(-c3ccccc3)cc2)=NC(c2ccc(-c3ccccc3)cc2)=NC1c1ccc2c(c1)C1(c3ccccc3-c3ccccc31)c1ccccc1-2. The third-order valence-corrected chi connectivity index (χ3v) is 12.0. The molecule has 56 heavy (non-hydrogen) atoms. The zero-order valence-corrected chi connectivity index (χ0v) is 31.0. The monoisotopic (exact) mass is 715 g/mol. The van der Waals surface area contributed by atoms with Gasteiger partial charge in [-0.25, -0.2) is 9.98 Å². The zero-order chi connectivity index (χ0) is 37.2. The summed E-state index contributed by atoms with van der Waals surface area (Å²) in [6, 6.07) is 72.5. The standard InChI is InChI=1S/C53H37N3/c1-56-51(40-30-26-38(27-31-40)36-16-6-3-7-17-36)54-50(39-28-24-37(25-29-39)35-14-4-2-5-15-35)55-52(56)41-32-33-45-44-20-10-13-23-48(44)53(49(45)34-41)46-21-11-8-18-42(46)43-19-9-12-22-47(43)53/h2-34,52H,1H3. The summed E-state index contributed by atoms with van der Waals surface area (Å²) in [6.07, 6.45) is -0.307. The topological polar surface area (TPSA) is 28.0 Å². The fourth-order valence-electron chi connectivity index (χ4n) is 9.39. The number of hydrogen-bond donors (Lipinski definition) is 0. The molecule has 3 heteroatoms. The fraction of sp³-hybridized carbons (Fsp3) is 0.0566. The van der Waals surface area contributed by atoms with Gasteiger partial charge < -0.3 is 4.90 Å². The molecule has 1 spiro atoms. The number of hydrogen-bond acceptors (Lipinski definition) is 3. The largest absolute Gasteiger partial charge is 0.333 e. The van der Waals surface area contributed by atoms with Crippen molar-refractivity contribution >= 4 is 11.7 Å². The van der Waals surface area contributed by atoms with Gasteiger partial charge in [0.25, 0.3) is 0 Å². The Morgan fingerprint density at radius 2 is 0.804 bits per heavy atom. The maximum absolute atomic E-state index is 5.48. The van der Waals surface area contributed by atoms with Crippen molar-refractivity contribution < 1.29 is 0 Å². The smallest absolute Gasteiger partial charge is 0.159 e. The number of amidine groups is 2. The molecule has 264 valence electrons. The zero-order valence-electron chi connectivity index (χ0n) is 31.0. The Morgan fingerprint density at radius 3 is 1.32 bits per heavy atom. The van der Waals surface area contributed by atoms with Gasteiger partial charge in [-0.15, -0.1) is 0 Å². The van der Waals surface area contributed by atoms with Gasteiger partial charge >= 0.3 is 0 Å². The maximum Gasteiger partial charge on any atom is 0.159 e. The van der Waals surface area contributed by atoms with E-state index in [0.29, 0.717) is 0 Å². The minimum atomic E-state index is -0.424. The van der Waals surface area contributed by atoms with E-state index in [4.69, 9.17) is 9.98 Å². The van der Waals surface area contributed by atoms with E-state index in [0.717, 1.165) is 28.4 Å². The lowest BCUT2D eigenvalue weighted by molar-refractivity contribution is 0.382. The van der Waals surface area contributed by atoms with Crippen molar-refractivity contribution in [3.05, 3.63) is 239 Å². The molecule has 0 aromatic heterocycles. The van der Waals surface area contributed by atoms with Crippen molar-refractivity contribution in [3.63, 3.8) is 0 Å². The molecule has 1 heterocycles. The highest BCUT2D eigenvalue weighted by Gasteiger charge is 2.51. The van der Waals surface area contributed by atoms with Crippen LogP contribution >= 0.6 is 0 Å². The van der Waals surface area contributed by atoms with Crippen molar-refractivity contribution in [2.24, 2.45) is 9.98 Å². The van der Waals surface area contributed by atoms with Gasteiger partial charge in [-0.05, 0) is 78.4 Å². The lowest BCUT2D eigenvalue weighted by atomic mass is 9.70. The first-order valence-electron chi connectivity index (χ1n) is 19.3. The predicted octanol–water partition coefficient (Wildman–Crippen LogP) is 12.2. The third-order valence-electron chi connectivity index (χ3n) is 12.0. The van der Waals surface area contributed by atoms with Crippen LogP contribution < -0.4 is 0 Å². The molecule has 0 fully saturated rings. The Bertz CT molecular complexity index is 2790. The molecule has 0 saturated carbocycles. The van der Waals surface area contributed by atoms with Crippen molar-refractivity contribution in [2.75, 3.05) is 7.05 Å². The Balaban J connectivity index is 1.07. The second-order valence-electron chi connectivity index (χ2n) is 15.0. The van der Waals surface area contributed by atoms with Crippen molar-refractivity contribution in [2.45, 2.75) is 11.6 Å². The van der Waals surface area contributed by atoms with Crippen LogP contribution in [0.4, 0.5) is 0 Å². The molecule has 3 aliphatic rings. The summed E-state index contributed by atoms with van der Waals surface area (Å²) in [6.45, 7) is 0. The van der Waals surface area contributed by atoms with Crippen molar-refractivity contribution in [1.29, 1.82) is 0 Å². The summed E-state index contributed by atoms with van der Waals surface area (Å²) in [7, 11) is 2.13. The van der Waals surface area contributed by atoms with Crippen LogP contribution in [0.2, 0.25) is 0 Å². The predicted molar refractivity (Wildman–Crippen MR) is 230 cm³/mol. The van der Waals surface area contributed by atoms with Crippen molar-refractivity contribution in [3.8, 4) is 44.5 Å². The number of benzene rings is 8. The van der Waals surface area contributed by atoms with Gasteiger partial charge in [0, 0.05) is 18.2 Å². The minimum Gasteiger partial charge on any atom is -0.333 e. The highest BCUT2D eigenvalue weighted by atomic mass is 15.3. The van der Waals surface area contributed by atoms with Gasteiger partial charge in [0.15, 0.2) is 12.0 Å². The van der Waals surface area contributed by atoms with Gasteiger partial charge in [0.05, 0.1) is 5.41 Å². The van der Waals surface area contributed by atoms with E-state index in [-0.39, 0.29) is 6.17 Å². The minimum absolute atomic E-state index is 0.307. The molecule has 0 bridgehead atoms. The van der Waals surface area contributed by atoms with Crippen LogP contribution in [-0.4, -0.2) is 23.6 Å². The van der Waals surface area contributed by atoms with E-state index in [1.165, 1.54) is 66.8 Å². The number of rotatable bonds is 5. The maximum atomic E-state index is 5.48. The van der Waals surface area contributed by atoms with Crippen LogP contribution in [0.1, 0.15) is 45.1 Å². The number of nitrogens with zero attached hydrogens (tertiary/aromatic N) is 3. The lowest BCUT2D eigenvalue weighted by Gasteiger charge is -2.34. The molecule has 11 rings (SSSR count). The Hall–Kier alpha value is -7.10. The molecule has 1 unspecified atom stereocenters. The molecular formula is C53H37N3. The van der Waals surface area contributed by atoms with E-state index in [2.05, 4.69) is 212 Å². The molecule has 0 N–H and O–H groups in total. The van der Waals surface area contributed by atoms with Crippen LogP contribution in [0.3, 0.4) is 0 Å². The first kappa shape index (κ1) is 32.3. The highest BCUT2D eigenvalue weighted by Crippen LogP contribution is 2.63. The first-order valence-corrected chi connectivity index (χ1v) is 19.3. The Labute approximate surface area is 327 Å². The summed E-state index contributed by atoms with van der Waals surface area (Å²) < 4.78 is 0. The fourth-order valence-corrected chi connectivity index (χ4v) is 9.39. The molecule has 8 aromatic carbocycles. The van der Waals surface area contributed by atoms with Gasteiger partial charge in [-0.3, -0.25) is 0 Å². The van der Waals surface area contributed by atoms with E-state index >= 15 is 0 Å².